The highest BCUT2D eigenvalue weighted by molar-refractivity contribution is 5.71. The van der Waals surface area contributed by atoms with E-state index in [2.05, 4.69) is 0 Å². The third-order valence-corrected chi connectivity index (χ3v) is 5.85. The summed E-state index contributed by atoms with van der Waals surface area (Å²) in [6.07, 6.45) is -3.54. The van der Waals surface area contributed by atoms with Crippen molar-refractivity contribution in [2.45, 2.75) is 38.1 Å². The summed E-state index contributed by atoms with van der Waals surface area (Å²) < 4.78 is 92.7. The van der Waals surface area contributed by atoms with Crippen LogP contribution in [-0.2, 0) is 15.7 Å². The van der Waals surface area contributed by atoms with Crippen LogP contribution in [0.1, 0.15) is 36.8 Å². The lowest BCUT2D eigenvalue weighted by atomic mass is 9.95. The Morgan fingerprint density at radius 3 is 2.00 bits per heavy atom. The zero-order valence-corrected chi connectivity index (χ0v) is 18.3. The number of benzene rings is 3. The van der Waals surface area contributed by atoms with Gasteiger partial charge in [0.2, 0.25) is 0 Å². The maximum atomic E-state index is 14.8. The van der Waals surface area contributed by atoms with E-state index in [4.69, 9.17) is 9.47 Å². The molecule has 0 unspecified atom stereocenters. The molecule has 1 aliphatic heterocycles. The smallest absolute Gasteiger partial charge is 0.352 e. The molecular weight excluding hydrogens is 458 g/mol. The minimum Gasteiger partial charge on any atom is -0.352 e. The van der Waals surface area contributed by atoms with Gasteiger partial charge in [-0.25, -0.2) is 13.2 Å². The van der Waals surface area contributed by atoms with Crippen LogP contribution in [0.15, 0.2) is 54.6 Å². The Labute approximate surface area is 193 Å². The van der Waals surface area contributed by atoms with Crippen molar-refractivity contribution < 1.29 is 35.8 Å². The van der Waals surface area contributed by atoms with Crippen LogP contribution in [0.4, 0.5) is 26.3 Å². The van der Waals surface area contributed by atoms with E-state index < -0.39 is 29.2 Å². The SMILES string of the molecule is CCCC1OCC(c2ccc(-c3ccc(-c4ccc(C(F)(F)F)c(F)c4F)cc3)cc2F)CO1. The number of hydrogen-bond acceptors (Lipinski definition) is 2. The van der Waals surface area contributed by atoms with Crippen molar-refractivity contribution in [2.24, 2.45) is 0 Å². The molecule has 0 N–H and O–H groups in total. The molecule has 8 heteroatoms. The Morgan fingerprint density at radius 1 is 0.794 bits per heavy atom. The summed E-state index contributed by atoms with van der Waals surface area (Å²) in [7, 11) is 0. The van der Waals surface area contributed by atoms with E-state index in [1.165, 1.54) is 18.2 Å². The second kappa shape index (κ2) is 9.80. The molecule has 1 heterocycles. The summed E-state index contributed by atoms with van der Waals surface area (Å²) in [5.41, 5.74) is -0.0934. The lowest BCUT2D eigenvalue weighted by Gasteiger charge is -2.29. The van der Waals surface area contributed by atoms with Crippen molar-refractivity contribution in [3.05, 3.63) is 83.2 Å². The van der Waals surface area contributed by atoms with Crippen LogP contribution in [0.3, 0.4) is 0 Å². The van der Waals surface area contributed by atoms with Gasteiger partial charge in [0.25, 0.3) is 0 Å². The first kappa shape index (κ1) is 24.3. The lowest BCUT2D eigenvalue weighted by Crippen LogP contribution is -2.31. The monoisotopic (exact) mass is 480 g/mol. The van der Waals surface area contributed by atoms with Crippen molar-refractivity contribution in [3.8, 4) is 22.3 Å². The van der Waals surface area contributed by atoms with Gasteiger partial charge in [0.15, 0.2) is 17.9 Å². The van der Waals surface area contributed by atoms with Crippen LogP contribution in [0, 0.1) is 17.5 Å². The molecule has 3 aromatic rings. The van der Waals surface area contributed by atoms with Crippen LogP contribution >= 0.6 is 0 Å². The number of hydrogen-bond donors (Lipinski definition) is 0. The molecule has 3 aromatic carbocycles. The first-order valence-electron chi connectivity index (χ1n) is 10.9. The molecule has 0 aromatic heterocycles. The molecule has 0 saturated carbocycles. The molecule has 1 aliphatic rings. The van der Waals surface area contributed by atoms with E-state index in [0.29, 0.717) is 36.0 Å². The molecule has 0 radical (unpaired) electrons. The lowest BCUT2D eigenvalue weighted by molar-refractivity contribution is -0.190. The molecule has 0 bridgehead atoms. The van der Waals surface area contributed by atoms with Gasteiger partial charge in [-0.05, 0) is 40.8 Å². The average Bonchev–Trinajstić information content (AvgIpc) is 2.81. The Hall–Kier alpha value is -2.84. The van der Waals surface area contributed by atoms with Crippen LogP contribution in [0.25, 0.3) is 22.3 Å². The van der Waals surface area contributed by atoms with Crippen LogP contribution in [0.2, 0.25) is 0 Å². The summed E-state index contributed by atoms with van der Waals surface area (Å²) in [6, 6.07) is 12.2. The maximum absolute atomic E-state index is 14.8. The molecule has 0 spiro atoms. The number of ether oxygens (including phenoxy) is 2. The molecule has 1 fully saturated rings. The van der Waals surface area contributed by atoms with Crippen molar-refractivity contribution in [1.29, 1.82) is 0 Å². The largest absolute Gasteiger partial charge is 0.419 e. The van der Waals surface area contributed by atoms with E-state index in [1.54, 1.807) is 24.3 Å². The van der Waals surface area contributed by atoms with Gasteiger partial charge in [-0.2, -0.15) is 13.2 Å². The molecule has 0 atom stereocenters. The van der Waals surface area contributed by atoms with Gasteiger partial charge in [-0.3, -0.25) is 0 Å². The molecule has 0 aliphatic carbocycles. The summed E-state index contributed by atoms with van der Waals surface area (Å²) in [4.78, 5) is 0. The van der Waals surface area contributed by atoms with E-state index in [-0.39, 0.29) is 23.3 Å². The van der Waals surface area contributed by atoms with Gasteiger partial charge in [0, 0.05) is 11.5 Å². The summed E-state index contributed by atoms with van der Waals surface area (Å²) in [6.45, 7) is 2.76. The normalized spacial score (nSPS) is 18.8. The van der Waals surface area contributed by atoms with Crippen molar-refractivity contribution >= 4 is 0 Å². The fourth-order valence-corrected chi connectivity index (χ4v) is 4.00. The van der Waals surface area contributed by atoms with Gasteiger partial charge in [-0.1, -0.05) is 55.8 Å². The van der Waals surface area contributed by atoms with Gasteiger partial charge in [-0.15, -0.1) is 0 Å². The molecule has 2 nitrogen and oxygen atoms in total. The van der Waals surface area contributed by atoms with Gasteiger partial charge in [0.1, 0.15) is 5.82 Å². The topological polar surface area (TPSA) is 18.5 Å². The zero-order valence-electron chi connectivity index (χ0n) is 18.3. The second-order valence-corrected chi connectivity index (χ2v) is 8.18. The standard InChI is InChI=1S/C26H22F6O2/c1-2-3-23-33-13-18(14-34-23)19-9-8-17(12-22(19)27)15-4-6-16(7-5-15)20-10-11-21(26(30,31)32)25(29)24(20)28/h4-12,18,23H,2-3,13-14H2,1H3. The quantitative estimate of drug-likeness (QED) is 0.348. The van der Waals surface area contributed by atoms with Gasteiger partial charge < -0.3 is 9.47 Å². The summed E-state index contributed by atoms with van der Waals surface area (Å²) >= 11 is 0. The first-order valence-corrected chi connectivity index (χ1v) is 10.9. The predicted molar refractivity (Wildman–Crippen MR) is 116 cm³/mol. The summed E-state index contributed by atoms with van der Waals surface area (Å²) in [5, 5.41) is 0. The van der Waals surface area contributed by atoms with Crippen LogP contribution in [0.5, 0.6) is 0 Å². The number of halogens is 6. The van der Waals surface area contributed by atoms with E-state index in [9.17, 15) is 26.3 Å². The Bertz CT molecular complexity index is 1150. The zero-order chi connectivity index (χ0) is 24.5. The first-order chi connectivity index (χ1) is 16.2. The Kier molecular flexibility index (Phi) is 7.00. The highest BCUT2D eigenvalue weighted by atomic mass is 19.4. The van der Waals surface area contributed by atoms with Crippen LogP contribution < -0.4 is 0 Å². The van der Waals surface area contributed by atoms with Crippen LogP contribution in [-0.4, -0.2) is 19.5 Å². The molecule has 34 heavy (non-hydrogen) atoms. The molecule has 1 saturated heterocycles. The fourth-order valence-electron chi connectivity index (χ4n) is 4.00. The minimum absolute atomic E-state index is 0.198. The molecular formula is C26H22F6O2. The third kappa shape index (κ3) is 4.98. The second-order valence-electron chi connectivity index (χ2n) is 8.18. The highest BCUT2D eigenvalue weighted by Gasteiger charge is 2.36. The average molecular weight is 480 g/mol. The highest BCUT2D eigenvalue weighted by Crippen LogP contribution is 2.36. The van der Waals surface area contributed by atoms with Gasteiger partial charge >= 0.3 is 6.18 Å². The van der Waals surface area contributed by atoms with Gasteiger partial charge in [0.05, 0.1) is 18.8 Å². The van der Waals surface area contributed by atoms with Crippen molar-refractivity contribution in [3.63, 3.8) is 0 Å². The molecule has 0 amide bonds. The van der Waals surface area contributed by atoms with E-state index in [1.807, 2.05) is 6.92 Å². The van der Waals surface area contributed by atoms with E-state index in [0.717, 1.165) is 18.9 Å². The summed E-state index contributed by atoms with van der Waals surface area (Å²) in [5.74, 6) is -4.15. The third-order valence-electron chi connectivity index (χ3n) is 5.85. The molecule has 4 rings (SSSR count). The minimum atomic E-state index is -4.99. The molecule has 180 valence electrons. The van der Waals surface area contributed by atoms with Crippen molar-refractivity contribution in [1.82, 2.24) is 0 Å². The fraction of sp³-hybridized carbons (Fsp3) is 0.308. The number of rotatable bonds is 5. The Morgan fingerprint density at radius 2 is 1.41 bits per heavy atom. The number of alkyl halides is 3. The maximum Gasteiger partial charge on any atom is 0.419 e. The predicted octanol–water partition coefficient (Wildman–Crippen LogP) is 7.71. The van der Waals surface area contributed by atoms with E-state index >= 15 is 0 Å². The Balaban J connectivity index is 1.53. The van der Waals surface area contributed by atoms with Crippen molar-refractivity contribution in [2.75, 3.05) is 13.2 Å².